The number of hydrogen-bond acceptors (Lipinski definition) is 5. The van der Waals surface area contributed by atoms with Crippen LogP contribution in [-0.4, -0.2) is 49.0 Å². The van der Waals surface area contributed by atoms with Gasteiger partial charge in [0.1, 0.15) is 5.39 Å². The fraction of sp³-hybridized carbons (Fsp3) is 0.455. The van der Waals surface area contributed by atoms with Crippen molar-refractivity contribution in [2.75, 3.05) is 18.8 Å². The summed E-state index contributed by atoms with van der Waals surface area (Å²) in [5.41, 5.74) is 2.50. The van der Waals surface area contributed by atoms with Crippen molar-refractivity contribution in [3.63, 3.8) is 0 Å². The predicted molar refractivity (Wildman–Crippen MR) is 117 cm³/mol. The summed E-state index contributed by atoms with van der Waals surface area (Å²) in [6.07, 6.45) is 4.06. The van der Waals surface area contributed by atoms with Crippen LogP contribution in [0.3, 0.4) is 0 Å². The van der Waals surface area contributed by atoms with Crippen molar-refractivity contribution >= 4 is 28.7 Å². The lowest BCUT2D eigenvalue weighted by molar-refractivity contribution is -0.133. The molecule has 0 radical (unpaired) electrons. The Bertz CT molecular complexity index is 1160. The number of hydrogen-bond donors (Lipinski definition) is 0. The molecule has 7 nitrogen and oxygen atoms in total. The summed E-state index contributed by atoms with van der Waals surface area (Å²) in [5.74, 6) is 1.52. The minimum Gasteiger partial charge on any atom is -0.343 e. The van der Waals surface area contributed by atoms with Crippen LogP contribution >= 0.6 is 11.8 Å². The highest BCUT2D eigenvalue weighted by atomic mass is 32.2. The Hall–Kier alpha value is -2.61. The van der Waals surface area contributed by atoms with Crippen molar-refractivity contribution in [1.29, 1.82) is 0 Å². The first kappa shape index (κ1) is 19.4. The molecule has 1 saturated heterocycles. The average molecular weight is 424 g/mol. The molecule has 0 bridgehead atoms. The van der Waals surface area contributed by atoms with Crippen LogP contribution in [-0.2, 0) is 4.79 Å². The van der Waals surface area contributed by atoms with E-state index < -0.39 is 0 Å². The van der Waals surface area contributed by atoms with Gasteiger partial charge in [-0.25, -0.2) is 9.67 Å². The standard InChI is InChI=1S/C22H25N5O2S/c1-14-3-5-16(6-4-14)27-20-18(12-23-27)21(29)26-17(13-30-22(26)24-20)11-19(28)25-9-7-15(2)8-10-25/h3-6,12,15,17H,7-11,13H2,1-2H3. The number of carbonyl (C=O) groups excluding carboxylic acids is 1. The van der Waals surface area contributed by atoms with E-state index in [0.29, 0.717) is 34.3 Å². The molecule has 0 saturated carbocycles. The Labute approximate surface area is 179 Å². The first-order valence-electron chi connectivity index (χ1n) is 10.5. The largest absolute Gasteiger partial charge is 0.343 e. The van der Waals surface area contributed by atoms with Crippen LogP contribution in [0.15, 0.2) is 40.4 Å². The van der Waals surface area contributed by atoms with Gasteiger partial charge in [0, 0.05) is 25.3 Å². The molecule has 1 atom stereocenters. The van der Waals surface area contributed by atoms with Gasteiger partial charge in [0.15, 0.2) is 10.8 Å². The minimum absolute atomic E-state index is 0.108. The third-order valence-corrected chi connectivity index (χ3v) is 7.29. The minimum atomic E-state index is -0.149. The number of thioether (sulfide) groups is 1. The van der Waals surface area contributed by atoms with Gasteiger partial charge in [-0.3, -0.25) is 14.2 Å². The Morgan fingerprint density at radius 3 is 2.67 bits per heavy atom. The highest BCUT2D eigenvalue weighted by Gasteiger charge is 2.31. The monoisotopic (exact) mass is 423 g/mol. The van der Waals surface area contributed by atoms with E-state index in [1.54, 1.807) is 27.2 Å². The zero-order valence-electron chi connectivity index (χ0n) is 17.2. The number of benzene rings is 1. The number of fused-ring (bicyclic) bond motifs is 2. The first-order valence-corrected chi connectivity index (χ1v) is 11.5. The molecule has 2 aromatic heterocycles. The number of amides is 1. The van der Waals surface area contributed by atoms with Gasteiger partial charge in [-0.05, 0) is 37.8 Å². The lowest BCUT2D eigenvalue weighted by Crippen LogP contribution is -2.39. The van der Waals surface area contributed by atoms with Crippen LogP contribution in [0, 0.1) is 12.8 Å². The summed E-state index contributed by atoms with van der Waals surface area (Å²) in [5, 5.41) is 5.58. The Kier molecular flexibility index (Phi) is 4.89. The summed E-state index contributed by atoms with van der Waals surface area (Å²) in [4.78, 5) is 32.8. The summed E-state index contributed by atoms with van der Waals surface area (Å²) in [6.45, 7) is 5.91. The third kappa shape index (κ3) is 3.33. The highest BCUT2D eigenvalue weighted by Crippen LogP contribution is 2.34. The predicted octanol–water partition coefficient (Wildman–Crippen LogP) is 3.19. The molecule has 0 spiro atoms. The maximum Gasteiger partial charge on any atom is 0.265 e. The second-order valence-electron chi connectivity index (χ2n) is 8.43. The molecule has 156 valence electrons. The van der Waals surface area contributed by atoms with Crippen LogP contribution in [0.2, 0.25) is 0 Å². The molecule has 8 heteroatoms. The normalized spacial score (nSPS) is 19.4. The lowest BCUT2D eigenvalue weighted by atomic mass is 9.99. The van der Waals surface area contributed by atoms with E-state index in [1.807, 2.05) is 36.1 Å². The van der Waals surface area contributed by atoms with E-state index in [-0.39, 0.29) is 17.5 Å². The molecular weight excluding hydrogens is 398 g/mol. The van der Waals surface area contributed by atoms with E-state index in [0.717, 1.165) is 37.2 Å². The van der Waals surface area contributed by atoms with Gasteiger partial charge in [0.05, 0.1) is 17.9 Å². The van der Waals surface area contributed by atoms with Gasteiger partial charge in [0.25, 0.3) is 5.56 Å². The van der Waals surface area contributed by atoms with Crippen molar-refractivity contribution in [2.45, 2.75) is 44.3 Å². The fourth-order valence-electron chi connectivity index (χ4n) is 4.24. The molecule has 0 N–H and O–H groups in total. The molecule has 1 aromatic carbocycles. The van der Waals surface area contributed by atoms with E-state index >= 15 is 0 Å². The molecule has 5 rings (SSSR count). The van der Waals surface area contributed by atoms with Gasteiger partial charge in [-0.15, -0.1) is 0 Å². The zero-order chi connectivity index (χ0) is 20.8. The fourth-order valence-corrected chi connectivity index (χ4v) is 5.37. The smallest absolute Gasteiger partial charge is 0.265 e. The van der Waals surface area contributed by atoms with Gasteiger partial charge in [-0.1, -0.05) is 36.4 Å². The molecule has 1 fully saturated rings. The van der Waals surface area contributed by atoms with Gasteiger partial charge in [-0.2, -0.15) is 5.10 Å². The van der Waals surface area contributed by atoms with Crippen molar-refractivity contribution in [3.8, 4) is 5.69 Å². The number of likely N-dealkylation sites (tertiary alicyclic amines) is 1. The molecule has 30 heavy (non-hydrogen) atoms. The van der Waals surface area contributed by atoms with E-state index in [2.05, 4.69) is 12.0 Å². The van der Waals surface area contributed by atoms with Crippen LogP contribution in [0.5, 0.6) is 0 Å². The molecule has 4 heterocycles. The van der Waals surface area contributed by atoms with E-state index in [1.165, 1.54) is 0 Å². The summed E-state index contributed by atoms with van der Waals surface area (Å²) in [6, 6.07) is 7.83. The first-order chi connectivity index (χ1) is 14.5. The Morgan fingerprint density at radius 1 is 1.20 bits per heavy atom. The SMILES string of the molecule is Cc1ccc(-n2ncc3c(=O)n4c(nc32)SCC4CC(=O)N2CCC(C)CC2)cc1. The summed E-state index contributed by atoms with van der Waals surface area (Å²) >= 11 is 1.54. The van der Waals surface area contributed by atoms with E-state index in [9.17, 15) is 9.59 Å². The molecule has 1 amide bonds. The van der Waals surface area contributed by atoms with Crippen molar-refractivity contribution in [3.05, 3.63) is 46.4 Å². The lowest BCUT2D eigenvalue weighted by Gasteiger charge is -2.31. The summed E-state index contributed by atoms with van der Waals surface area (Å²) in [7, 11) is 0. The average Bonchev–Trinajstić information content (AvgIpc) is 3.34. The molecule has 2 aliphatic rings. The summed E-state index contributed by atoms with van der Waals surface area (Å²) < 4.78 is 3.42. The number of nitrogens with zero attached hydrogens (tertiary/aromatic N) is 5. The van der Waals surface area contributed by atoms with Gasteiger partial charge >= 0.3 is 0 Å². The Morgan fingerprint density at radius 2 is 1.93 bits per heavy atom. The number of carbonyl (C=O) groups is 1. The van der Waals surface area contributed by atoms with Crippen LogP contribution in [0.4, 0.5) is 0 Å². The molecule has 1 unspecified atom stereocenters. The maximum atomic E-state index is 13.3. The van der Waals surface area contributed by atoms with Crippen LogP contribution in [0.1, 0.15) is 37.8 Å². The second kappa shape index (κ2) is 7.58. The molecule has 0 aliphatic carbocycles. The second-order valence-corrected chi connectivity index (χ2v) is 9.42. The number of rotatable bonds is 3. The van der Waals surface area contributed by atoms with Gasteiger partial charge in [0.2, 0.25) is 5.91 Å². The third-order valence-electron chi connectivity index (χ3n) is 6.20. The quantitative estimate of drug-likeness (QED) is 0.605. The maximum absolute atomic E-state index is 13.3. The van der Waals surface area contributed by atoms with E-state index in [4.69, 9.17) is 4.98 Å². The Balaban J connectivity index is 1.45. The van der Waals surface area contributed by atoms with Crippen LogP contribution in [0.25, 0.3) is 16.7 Å². The van der Waals surface area contributed by atoms with Gasteiger partial charge < -0.3 is 4.90 Å². The number of aryl methyl sites for hydroxylation is 1. The van der Waals surface area contributed by atoms with Crippen molar-refractivity contribution < 1.29 is 4.79 Å². The molecule has 3 aromatic rings. The number of piperidine rings is 1. The van der Waals surface area contributed by atoms with Crippen molar-refractivity contribution in [2.24, 2.45) is 5.92 Å². The number of aromatic nitrogens is 4. The molecule has 2 aliphatic heterocycles. The zero-order valence-corrected chi connectivity index (χ0v) is 18.1. The van der Waals surface area contributed by atoms with Crippen LogP contribution < -0.4 is 5.56 Å². The molecular formula is C22H25N5O2S. The topological polar surface area (TPSA) is 73.0 Å². The van der Waals surface area contributed by atoms with Crippen molar-refractivity contribution in [1.82, 2.24) is 24.2 Å². The highest BCUT2D eigenvalue weighted by molar-refractivity contribution is 7.99.